The van der Waals surface area contributed by atoms with E-state index in [1.54, 1.807) is 0 Å². The number of rotatable bonds is 12. The Hall–Kier alpha value is -0.530. The minimum atomic E-state index is -5.62. The van der Waals surface area contributed by atoms with Gasteiger partial charge >= 0.3 is 23.5 Å². The van der Waals surface area contributed by atoms with Gasteiger partial charge < -0.3 is 29.0 Å². The van der Waals surface area contributed by atoms with Crippen LogP contribution in [0.2, 0.25) is 0 Å². The monoisotopic (exact) mass is 618 g/mol. The van der Waals surface area contributed by atoms with Gasteiger partial charge in [-0.15, -0.1) is 0 Å². The molecule has 0 radical (unpaired) electrons. The van der Waals surface area contributed by atoms with Crippen molar-refractivity contribution in [3.63, 3.8) is 0 Å². The van der Waals surface area contributed by atoms with E-state index < -0.39 is 48.4 Å². The molecule has 0 aromatic carbocycles. The summed E-state index contributed by atoms with van der Waals surface area (Å²) < 4.78 is 59.1. The number of hydrogen-bond acceptors (Lipinski definition) is 10. The number of hydrogen-bond donors (Lipinski definition) is 4. The molecule has 0 aromatic rings. The molecule has 0 aromatic heterocycles. The molecule has 0 saturated carbocycles. The Morgan fingerprint density at radius 1 is 0.946 bits per heavy atom. The average molecular weight is 618 g/mol. The largest absolute Gasteiger partial charge is 0.490 e. The first-order chi connectivity index (χ1) is 17.3. The highest BCUT2D eigenvalue weighted by atomic mass is 33.1. The van der Waals surface area contributed by atoms with Crippen molar-refractivity contribution in [1.29, 1.82) is 0 Å². The van der Waals surface area contributed by atoms with Crippen molar-refractivity contribution in [3.8, 4) is 0 Å². The van der Waals surface area contributed by atoms with Crippen LogP contribution in [0.25, 0.3) is 0 Å². The van der Waals surface area contributed by atoms with Gasteiger partial charge in [-0.1, -0.05) is 88.4 Å². The highest BCUT2D eigenvalue weighted by Gasteiger charge is 2.43. The molecule has 1 heterocycles. The second-order valence-electron chi connectivity index (χ2n) is 7.36. The quantitative estimate of drug-likeness (QED) is 0.131. The predicted molar refractivity (Wildman–Crippen MR) is 142 cm³/mol. The Bertz CT molecular complexity index is 1080. The molecule has 1 aliphatic heterocycles. The molecular formula is C20H29O12P3S2. The lowest BCUT2D eigenvalue weighted by Gasteiger charge is -2.23. The lowest BCUT2D eigenvalue weighted by Crippen LogP contribution is -2.30. The molecule has 2 rings (SSSR count). The predicted octanol–water partition coefficient (Wildman–Crippen LogP) is 4.95. The van der Waals surface area contributed by atoms with Crippen LogP contribution in [-0.4, -0.2) is 56.2 Å². The van der Waals surface area contributed by atoms with Gasteiger partial charge in [-0.3, -0.25) is 4.52 Å². The second-order valence-corrected chi connectivity index (χ2v) is 14.5. The Morgan fingerprint density at radius 3 is 2.14 bits per heavy atom. The molecule has 1 saturated heterocycles. The molecule has 37 heavy (non-hydrogen) atoms. The third kappa shape index (κ3) is 13.4. The maximum Gasteiger partial charge on any atom is 0.490 e. The van der Waals surface area contributed by atoms with E-state index in [4.69, 9.17) is 23.8 Å². The van der Waals surface area contributed by atoms with Crippen LogP contribution in [0.1, 0.15) is 13.3 Å². The molecule has 17 heteroatoms. The molecule has 12 nitrogen and oxygen atoms in total. The van der Waals surface area contributed by atoms with Gasteiger partial charge in [-0.05, 0) is 18.8 Å². The van der Waals surface area contributed by atoms with E-state index in [2.05, 4.69) is 8.62 Å². The zero-order valence-corrected chi connectivity index (χ0v) is 24.1. The Kier molecular flexibility index (Phi) is 13.5. The highest BCUT2D eigenvalue weighted by Crippen LogP contribution is 2.66. The average Bonchev–Trinajstić information content (AvgIpc) is 3.12. The molecule has 4 N–H and O–H groups in total. The van der Waals surface area contributed by atoms with Gasteiger partial charge in [-0.25, -0.2) is 13.7 Å². The van der Waals surface area contributed by atoms with E-state index in [0.29, 0.717) is 6.42 Å². The van der Waals surface area contributed by atoms with Crippen LogP contribution in [0, 0.1) is 0 Å². The molecule has 0 amide bonds. The van der Waals surface area contributed by atoms with Crippen LogP contribution >= 0.6 is 45.1 Å². The van der Waals surface area contributed by atoms with Crippen molar-refractivity contribution >= 4 is 45.1 Å². The zero-order chi connectivity index (χ0) is 27.5. The van der Waals surface area contributed by atoms with Crippen molar-refractivity contribution in [2.24, 2.45) is 0 Å². The second kappa shape index (κ2) is 15.3. The molecule has 2 aliphatic rings. The molecule has 0 spiro atoms. The SMILES string of the molecule is CSS[C@H](C)OC1C[C@H](C2=C/C=C\C=C/C=C\C=C/C=C\2)O[C@@H]1COP(=O)(O)OP(=O)(O)OP(=O)(O)O. The summed E-state index contributed by atoms with van der Waals surface area (Å²) in [5.74, 6) is 0. The van der Waals surface area contributed by atoms with Gasteiger partial charge in [-0.2, -0.15) is 8.62 Å². The standard InChI is InChI=1S/C20H29O12P3S2/c1-16(37-36-2)29-19-14-18(17-12-10-8-6-4-3-5-7-9-11-13-17)30-20(19)15-28-34(24,25)32-35(26,27)31-33(21,22)23/h3-13,16,18-20H,14-15H2,1-2H3,(H,24,25)(H,26,27)(H2,21,22,23)/b4-3-,5-3?,6-4?,7-5-,8-6-,9-7?,10-8?,11-9-,12-10-,13-11?,17-12?,17-13+/t16-,18-,19?,20-/m1/s1. The normalized spacial score (nSPS) is 32.4. The summed E-state index contributed by atoms with van der Waals surface area (Å²) >= 11 is 0. The third-order valence-corrected chi connectivity index (χ3v) is 10.2. The molecule has 3 unspecified atom stereocenters. The number of allylic oxidation sites excluding steroid dienone is 10. The topological polar surface area (TPSA) is 178 Å². The third-order valence-electron chi connectivity index (χ3n) is 4.45. The number of phosphoric acid groups is 3. The molecule has 208 valence electrons. The lowest BCUT2D eigenvalue weighted by atomic mass is 10.0. The Labute approximate surface area is 223 Å². The fraction of sp³-hybridized carbons (Fsp3) is 0.400. The fourth-order valence-corrected chi connectivity index (χ4v) is 7.59. The van der Waals surface area contributed by atoms with Crippen LogP contribution in [-0.2, 0) is 36.3 Å². The van der Waals surface area contributed by atoms with E-state index in [0.717, 1.165) is 5.57 Å². The van der Waals surface area contributed by atoms with Gasteiger partial charge in [0.25, 0.3) is 0 Å². The molecule has 1 aliphatic carbocycles. The minimum absolute atomic E-state index is 0.267. The van der Waals surface area contributed by atoms with Crippen LogP contribution in [0.3, 0.4) is 0 Å². The van der Waals surface area contributed by atoms with Crippen LogP contribution < -0.4 is 0 Å². The van der Waals surface area contributed by atoms with E-state index in [1.807, 2.05) is 80.0 Å². The minimum Gasteiger partial charge on any atom is -0.365 e. The highest BCUT2D eigenvalue weighted by molar-refractivity contribution is 8.76. The molecule has 6 atom stereocenters. The van der Waals surface area contributed by atoms with Crippen LogP contribution in [0.5, 0.6) is 0 Å². The van der Waals surface area contributed by atoms with Crippen molar-refractivity contribution in [1.82, 2.24) is 0 Å². The van der Waals surface area contributed by atoms with Crippen molar-refractivity contribution in [2.45, 2.75) is 37.1 Å². The summed E-state index contributed by atoms with van der Waals surface area (Å²) in [5, 5.41) is 0. The van der Waals surface area contributed by atoms with Gasteiger partial charge in [0, 0.05) is 6.42 Å². The first-order valence-electron chi connectivity index (χ1n) is 10.6. The molecule has 1 fully saturated rings. The van der Waals surface area contributed by atoms with Gasteiger partial charge in [0.05, 0.1) is 18.8 Å². The van der Waals surface area contributed by atoms with E-state index in [-0.39, 0.29) is 5.44 Å². The van der Waals surface area contributed by atoms with Gasteiger partial charge in [0.1, 0.15) is 11.5 Å². The van der Waals surface area contributed by atoms with E-state index in [9.17, 15) is 23.5 Å². The fourth-order valence-electron chi connectivity index (χ4n) is 3.15. The summed E-state index contributed by atoms with van der Waals surface area (Å²) in [4.78, 5) is 36.5. The summed E-state index contributed by atoms with van der Waals surface area (Å²) in [5.41, 5.74) is 0.524. The van der Waals surface area contributed by atoms with Crippen molar-refractivity contribution in [3.05, 3.63) is 72.4 Å². The lowest BCUT2D eigenvalue weighted by molar-refractivity contribution is -0.0443. The Balaban J connectivity index is 2.17. The first-order valence-corrected chi connectivity index (χ1v) is 17.8. The summed E-state index contributed by atoms with van der Waals surface area (Å²) in [6, 6.07) is 0. The van der Waals surface area contributed by atoms with Crippen LogP contribution in [0.15, 0.2) is 72.4 Å². The van der Waals surface area contributed by atoms with Crippen LogP contribution in [0.4, 0.5) is 0 Å². The summed E-state index contributed by atoms with van der Waals surface area (Å²) in [6.07, 6.45) is 20.7. The van der Waals surface area contributed by atoms with Crippen molar-refractivity contribution < 1.29 is 55.9 Å². The van der Waals surface area contributed by atoms with Gasteiger partial charge in [0.2, 0.25) is 0 Å². The summed E-state index contributed by atoms with van der Waals surface area (Å²) in [6.45, 7) is 1.23. The number of phosphoric ester groups is 1. The van der Waals surface area contributed by atoms with Crippen molar-refractivity contribution in [2.75, 3.05) is 12.9 Å². The first kappa shape index (κ1) is 32.7. The Morgan fingerprint density at radius 2 is 1.54 bits per heavy atom. The summed E-state index contributed by atoms with van der Waals surface area (Å²) in [7, 11) is -13.5. The smallest absolute Gasteiger partial charge is 0.365 e. The molecule has 0 bridgehead atoms. The molecular weight excluding hydrogens is 589 g/mol. The maximum atomic E-state index is 12.2. The number of ether oxygens (including phenoxy) is 2. The zero-order valence-electron chi connectivity index (χ0n) is 19.8. The van der Waals surface area contributed by atoms with E-state index in [1.165, 1.54) is 21.6 Å². The van der Waals surface area contributed by atoms with E-state index >= 15 is 0 Å². The van der Waals surface area contributed by atoms with Gasteiger partial charge in [0.15, 0.2) is 0 Å². The maximum absolute atomic E-state index is 12.2.